The van der Waals surface area contributed by atoms with Crippen LogP contribution in [-0.4, -0.2) is 55.7 Å². The van der Waals surface area contributed by atoms with E-state index in [0.717, 1.165) is 0 Å². The number of ether oxygens (including phenoxy) is 2. The molecule has 0 aromatic heterocycles. The van der Waals surface area contributed by atoms with Gasteiger partial charge in [0, 0.05) is 19.7 Å². The molecule has 0 fully saturated rings. The van der Waals surface area contributed by atoms with E-state index in [1.165, 1.54) is 12.0 Å². The molecule has 0 aromatic carbocycles. The Kier molecular flexibility index (Phi) is 8.32. The number of esters is 1. The molecular weight excluding hydrogens is 236 g/mol. The van der Waals surface area contributed by atoms with Crippen molar-refractivity contribution in [2.45, 2.75) is 39.3 Å². The van der Waals surface area contributed by atoms with Gasteiger partial charge in [-0.15, -0.1) is 0 Å². The summed E-state index contributed by atoms with van der Waals surface area (Å²) in [5.41, 5.74) is 5.47. The van der Waals surface area contributed by atoms with Crippen molar-refractivity contribution in [2.24, 2.45) is 5.73 Å². The fourth-order valence-electron chi connectivity index (χ4n) is 1.48. The molecule has 0 spiro atoms. The van der Waals surface area contributed by atoms with Crippen molar-refractivity contribution in [3.05, 3.63) is 0 Å². The quantitative estimate of drug-likeness (QED) is 0.628. The highest BCUT2D eigenvalue weighted by Gasteiger charge is 2.23. The lowest BCUT2D eigenvalue weighted by Gasteiger charge is -2.27. The van der Waals surface area contributed by atoms with E-state index in [0.29, 0.717) is 6.61 Å². The number of rotatable bonds is 8. The first-order chi connectivity index (χ1) is 8.46. The van der Waals surface area contributed by atoms with E-state index in [2.05, 4.69) is 0 Å². The second-order valence-electron chi connectivity index (χ2n) is 4.22. The van der Waals surface area contributed by atoms with Crippen molar-refractivity contribution >= 4 is 11.9 Å². The summed E-state index contributed by atoms with van der Waals surface area (Å²) in [7, 11) is 1.51. The molecule has 6 nitrogen and oxygen atoms in total. The molecule has 0 aliphatic rings. The number of hydrogen-bond donors (Lipinski definition) is 1. The Hall–Kier alpha value is -1.14. The van der Waals surface area contributed by atoms with Crippen LogP contribution < -0.4 is 5.73 Å². The van der Waals surface area contributed by atoms with Crippen LogP contribution in [0, 0.1) is 0 Å². The van der Waals surface area contributed by atoms with E-state index in [1.54, 1.807) is 6.92 Å². The van der Waals surface area contributed by atoms with Gasteiger partial charge in [-0.1, -0.05) is 0 Å². The number of nitrogens with two attached hydrogens (primary N) is 1. The lowest BCUT2D eigenvalue weighted by molar-refractivity contribution is -0.150. The van der Waals surface area contributed by atoms with Crippen LogP contribution in [0.4, 0.5) is 0 Å². The molecule has 18 heavy (non-hydrogen) atoms. The molecule has 0 radical (unpaired) electrons. The van der Waals surface area contributed by atoms with Crippen molar-refractivity contribution in [3.63, 3.8) is 0 Å². The highest BCUT2D eigenvalue weighted by molar-refractivity contribution is 5.82. The summed E-state index contributed by atoms with van der Waals surface area (Å²) in [6.07, 6.45) is -0.147. The average molecular weight is 260 g/mol. The minimum absolute atomic E-state index is 0.0364. The van der Waals surface area contributed by atoms with Crippen molar-refractivity contribution in [3.8, 4) is 0 Å². The highest BCUT2D eigenvalue weighted by Crippen LogP contribution is 2.06. The smallest absolute Gasteiger partial charge is 0.325 e. The zero-order chi connectivity index (χ0) is 14.1. The topological polar surface area (TPSA) is 81.9 Å². The van der Waals surface area contributed by atoms with Gasteiger partial charge < -0.3 is 20.1 Å². The third-order valence-electron chi connectivity index (χ3n) is 2.55. The van der Waals surface area contributed by atoms with Gasteiger partial charge in [-0.3, -0.25) is 9.59 Å². The van der Waals surface area contributed by atoms with Crippen LogP contribution in [0.1, 0.15) is 27.2 Å². The van der Waals surface area contributed by atoms with E-state index in [9.17, 15) is 9.59 Å². The third-order valence-corrected chi connectivity index (χ3v) is 2.55. The number of amides is 1. The Bertz CT molecular complexity index is 265. The predicted octanol–water partition coefficient (Wildman–Crippen LogP) is 0.150. The molecule has 1 amide bonds. The van der Waals surface area contributed by atoms with Crippen LogP contribution in [0.2, 0.25) is 0 Å². The molecule has 0 bridgehead atoms. The molecule has 0 saturated carbocycles. The van der Waals surface area contributed by atoms with Crippen molar-refractivity contribution in [1.29, 1.82) is 0 Å². The summed E-state index contributed by atoms with van der Waals surface area (Å²) in [5.74, 6) is -0.559. The van der Waals surface area contributed by atoms with E-state index < -0.39 is 5.97 Å². The minimum Gasteiger partial charge on any atom is -0.465 e. The van der Waals surface area contributed by atoms with Gasteiger partial charge in [0.05, 0.1) is 19.1 Å². The second-order valence-corrected chi connectivity index (χ2v) is 4.22. The lowest BCUT2D eigenvalue weighted by Crippen LogP contribution is -2.43. The normalized spacial score (nSPS) is 12.3. The Balaban J connectivity index is 4.49. The lowest BCUT2D eigenvalue weighted by atomic mass is 10.2. The van der Waals surface area contributed by atoms with Crippen molar-refractivity contribution in [1.82, 2.24) is 4.90 Å². The fraction of sp³-hybridized carbons (Fsp3) is 0.833. The number of hydrogen-bond acceptors (Lipinski definition) is 5. The summed E-state index contributed by atoms with van der Waals surface area (Å²) in [6.45, 7) is 5.97. The van der Waals surface area contributed by atoms with Crippen molar-refractivity contribution in [2.75, 3.05) is 26.8 Å². The predicted molar refractivity (Wildman–Crippen MR) is 68.0 cm³/mol. The standard InChI is InChI=1S/C12H24N2O4/c1-5-18-12(16)8-14(9(2)3)11(15)6-10(7-13)17-4/h9-10H,5-8,13H2,1-4H3. The molecule has 0 aromatic rings. The SMILES string of the molecule is CCOC(=O)CN(C(=O)CC(CN)OC)C(C)C. The van der Waals surface area contributed by atoms with Gasteiger partial charge in [0.15, 0.2) is 0 Å². The number of nitrogens with zero attached hydrogens (tertiary/aromatic N) is 1. The van der Waals surface area contributed by atoms with Crippen molar-refractivity contribution < 1.29 is 19.1 Å². The first-order valence-corrected chi connectivity index (χ1v) is 6.14. The first-order valence-electron chi connectivity index (χ1n) is 6.14. The Morgan fingerprint density at radius 3 is 2.33 bits per heavy atom. The largest absolute Gasteiger partial charge is 0.465 e. The molecule has 0 rings (SSSR count). The molecule has 6 heteroatoms. The summed E-state index contributed by atoms with van der Waals surface area (Å²) in [4.78, 5) is 24.9. The van der Waals surface area contributed by atoms with E-state index in [4.69, 9.17) is 15.2 Å². The van der Waals surface area contributed by atoms with Crippen LogP contribution in [0.15, 0.2) is 0 Å². The molecule has 1 unspecified atom stereocenters. The molecule has 106 valence electrons. The minimum atomic E-state index is -0.402. The van der Waals surface area contributed by atoms with Gasteiger partial charge >= 0.3 is 5.97 Å². The Morgan fingerprint density at radius 2 is 1.94 bits per heavy atom. The monoisotopic (exact) mass is 260 g/mol. The highest BCUT2D eigenvalue weighted by atomic mass is 16.5. The summed E-state index contributed by atoms with van der Waals surface area (Å²) in [5, 5.41) is 0. The van der Waals surface area contributed by atoms with E-state index >= 15 is 0 Å². The number of carbonyl (C=O) groups excluding carboxylic acids is 2. The van der Waals surface area contributed by atoms with Gasteiger partial charge in [-0.2, -0.15) is 0 Å². The second kappa shape index (κ2) is 8.88. The molecular formula is C12H24N2O4. The maximum Gasteiger partial charge on any atom is 0.325 e. The first kappa shape index (κ1) is 16.9. The maximum atomic E-state index is 12.0. The maximum absolute atomic E-state index is 12.0. The zero-order valence-corrected chi connectivity index (χ0v) is 11.6. The molecule has 2 N–H and O–H groups in total. The van der Waals surface area contributed by atoms with Crippen LogP contribution in [0.5, 0.6) is 0 Å². The average Bonchev–Trinajstić information content (AvgIpc) is 2.32. The van der Waals surface area contributed by atoms with E-state index in [1.807, 2.05) is 13.8 Å². The fourth-order valence-corrected chi connectivity index (χ4v) is 1.48. The number of methoxy groups -OCH3 is 1. The van der Waals surface area contributed by atoms with Gasteiger partial charge in [0.1, 0.15) is 6.54 Å². The molecule has 0 aliphatic carbocycles. The molecule has 0 aliphatic heterocycles. The van der Waals surface area contributed by atoms with Crippen LogP contribution in [0.3, 0.4) is 0 Å². The molecule has 1 atom stereocenters. The summed E-state index contributed by atoms with van der Waals surface area (Å²) in [6, 6.07) is -0.0720. The van der Waals surface area contributed by atoms with Crippen LogP contribution >= 0.6 is 0 Å². The zero-order valence-electron chi connectivity index (χ0n) is 11.6. The van der Waals surface area contributed by atoms with E-state index in [-0.39, 0.29) is 37.6 Å². The van der Waals surface area contributed by atoms with Gasteiger partial charge in [0.25, 0.3) is 0 Å². The Labute approximate surface area is 108 Å². The Morgan fingerprint density at radius 1 is 1.33 bits per heavy atom. The number of carbonyl (C=O) groups is 2. The third kappa shape index (κ3) is 5.97. The summed E-state index contributed by atoms with van der Waals surface area (Å²) < 4.78 is 9.91. The van der Waals surface area contributed by atoms with Gasteiger partial charge in [-0.05, 0) is 20.8 Å². The molecule has 0 saturated heterocycles. The summed E-state index contributed by atoms with van der Waals surface area (Å²) >= 11 is 0. The molecule has 0 heterocycles. The van der Waals surface area contributed by atoms with Crippen LogP contribution in [0.25, 0.3) is 0 Å². The van der Waals surface area contributed by atoms with Crippen LogP contribution in [-0.2, 0) is 19.1 Å². The van der Waals surface area contributed by atoms with Gasteiger partial charge in [-0.25, -0.2) is 0 Å². The van der Waals surface area contributed by atoms with Gasteiger partial charge in [0.2, 0.25) is 5.91 Å².